The topological polar surface area (TPSA) is 73.6 Å². The average Bonchev–Trinajstić information content (AvgIpc) is 2.50. The summed E-state index contributed by atoms with van der Waals surface area (Å²) in [6.45, 7) is 1.60. The third-order valence-corrected chi connectivity index (χ3v) is 3.03. The average molecular weight is 304 g/mol. The predicted molar refractivity (Wildman–Crippen MR) is 81.7 cm³/mol. The number of amides is 1. The number of rotatable bonds is 6. The summed E-state index contributed by atoms with van der Waals surface area (Å²) >= 11 is 0. The molecule has 0 saturated heterocycles. The van der Waals surface area contributed by atoms with Crippen molar-refractivity contribution in [2.45, 2.75) is 13.0 Å². The molecule has 116 valence electrons. The SMILES string of the molecule is COc1ccccc1Oc1ccc(N[C@@H](C)C(N)=O)cc1F. The first-order chi connectivity index (χ1) is 10.5. The molecule has 3 N–H and O–H groups in total. The third-order valence-electron chi connectivity index (χ3n) is 3.03. The molecule has 0 aliphatic rings. The van der Waals surface area contributed by atoms with Crippen LogP contribution in [0.5, 0.6) is 17.2 Å². The van der Waals surface area contributed by atoms with Crippen LogP contribution in [0, 0.1) is 5.82 Å². The van der Waals surface area contributed by atoms with Crippen molar-refractivity contribution < 1.29 is 18.7 Å². The Hall–Kier alpha value is -2.76. The summed E-state index contributed by atoms with van der Waals surface area (Å²) in [5.41, 5.74) is 5.59. The van der Waals surface area contributed by atoms with Gasteiger partial charge in [-0.05, 0) is 31.2 Å². The van der Waals surface area contributed by atoms with Gasteiger partial charge in [0.1, 0.15) is 6.04 Å². The number of methoxy groups -OCH3 is 1. The number of hydrogen-bond donors (Lipinski definition) is 2. The van der Waals surface area contributed by atoms with Crippen LogP contribution in [0.2, 0.25) is 0 Å². The van der Waals surface area contributed by atoms with E-state index >= 15 is 0 Å². The van der Waals surface area contributed by atoms with Crippen molar-refractivity contribution in [1.29, 1.82) is 0 Å². The molecule has 0 aliphatic carbocycles. The van der Waals surface area contributed by atoms with Gasteiger partial charge in [0.15, 0.2) is 23.1 Å². The van der Waals surface area contributed by atoms with Crippen LogP contribution in [-0.4, -0.2) is 19.1 Å². The standard InChI is InChI=1S/C16H17FN2O3/c1-10(16(18)20)19-11-7-8-13(12(17)9-11)22-15-6-4-3-5-14(15)21-2/h3-10,19H,1-2H3,(H2,18,20)/t10-/m0/s1. The largest absolute Gasteiger partial charge is 0.493 e. The smallest absolute Gasteiger partial charge is 0.239 e. The number of nitrogens with two attached hydrogens (primary N) is 1. The molecule has 2 aromatic rings. The molecule has 0 spiro atoms. The summed E-state index contributed by atoms with van der Waals surface area (Å²) in [6.07, 6.45) is 0. The zero-order valence-electron chi connectivity index (χ0n) is 12.3. The maximum Gasteiger partial charge on any atom is 0.239 e. The zero-order chi connectivity index (χ0) is 16.1. The second-order valence-electron chi connectivity index (χ2n) is 4.67. The first-order valence-corrected chi connectivity index (χ1v) is 6.67. The van der Waals surface area contributed by atoms with Crippen molar-refractivity contribution in [1.82, 2.24) is 0 Å². The van der Waals surface area contributed by atoms with Crippen LogP contribution in [0.25, 0.3) is 0 Å². The molecule has 22 heavy (non-hydrogen) atoms. The van der Waals surface area contributed by atoms with Crippen LogP contribution in [0.1, 0.15) is 6.92 Å². The summed E-state index contributed by atoms with van der Waals surface area (Å²) in [5.74, 6) is -0.106. The van der Waals surface area contributed by atoms with Crippen molar-refractivity contribution in [2.24, 2.45) is 5.73 Å². The van der Waals surface area contributed by atoms with Gasteiger partial charge in [-0.1, -0.05) is 12.1 Å². The number of carbonyl (C=O) groups excluding carboxylic acids is 1. The molecule has 1 amide bonds. The van der Waals surface area contributed by atoms with Crippen molar-refractivity contribution in [3.63, 3.8) is 0 Å². The number of anilines is 1. The van der Waals surface area contributed by atoms with Crippen LogP contribution in [-0.2, 0) is 4.79 Å². The number of hydrogen-bond acceptors (Lipinski definition) is 4. The fraction of sp³-hybridized carbons (Fsp3) is 0.188. The fourth-order valence-electron chi connectivity index (χ4n) is 1.82. The van der Waals surface area contributed by atoms with E-state index in [0.717, 1.165) is 0 Å². The zero-order valence-corrected chi connectivity index (χ0v) is 12.3. The van der Waals surface area contributed by atoms with E-state index in [1.165, 1.54) is 19.2 Å². The summed E-state index contributed by atoms with van der Waals surface area (Å²) < 4.78 is 24.8. The molecule has 0 heterocycles. The van der Waals surface area contributed by atoms with Gasteiger partial charge in [-0.15, -0.1) is 0 Å². The molecule has 1 atom stereocenters. The highest BCUT2D eigenvalue weighted by molar-refractivity contribution is 5.82. The molecular formula is C16H17FN2O3. The quantitative estimate of drug-likeness (QED) is 0.860. The van der Waals surface area contributed by atoms with E-state index in [-0.39, 0.29) is 5.75 Å². The maximum atomic E-state index is 14.1. The predicted octanol–water partition coefficient (Wildman–Crippen LogP) is 2.91. The highest BCUT2D eigenvalue weighted by Gasteiger charge is 2.12. The van der Waals surface area contributed by atoms with Crippen molar-refractivity contribution >= 4 is 11.6 Å². The lowest BCUT2D eigenvalue weighted by Gasteiger charge is -2.14. The Kier molecular flexibility index (Phi) is 4.83. The minimum Gasteiger partial charge on any atom is -0.493 e. The molecular weight excluding hydrogens is 287 g/mol. The van der Waals surface area contributed by atoms with E-state index in [4.69, 9.17) is 15.2 Å². The van der Waals surface area contributed by atoms with E-state index in [1.54, 1.807) is 37.3 Å². The Bertz CT molecular complexity index is 676. The minimum atomic E-state index is -0.597. The van der Waals surface area contributed by atoms with Crippen LogP contribution in [0.3, 0.4) is 0 Å². The summed E-state index contributed by atoms with van der Waals surface area (Å²) in [6, 6.07) is 10.7. The number of carbonyl (C=O) groups is 1. The van der Waals surface area contributed by atoms with Gasteiger partial charge in [0.05, 0.1) is 7.11 Å². The Morgan fingerprint density at radius 2 is 1.86 bits per heavy atom. The van der Waals surface area contributed by atoms with Crippen LogP contribution in [0.4, 0.5) is 10.1 Å². The molecule has 0 bridgehead atoms. The number of nitrogens with one attached hydrogen (secondary N) is 1. The Morgan fingerprint density at radius 3 is 2.45 bits per heavy atom. The van der Waals surface area contributed by atoms with Gasteiger partial charge in [0.25, 0.3) is 0 Å². The lowest BCUT2D eigenvalue weighted by Crippen LogP contribution is -2.32. The van der Waals surface area contributed by atoms with Gasteiger partial charge in [-0.3, -0.25) is 4.79 Å². The molecule has 0 unspecified atom stereocenters. The van der Waals surface area contributed by atoms with Crippen molar-refractivity contribution in [3.05, 3.63) is 48.3 Å². The molecule has 2 rings (SSSR count). The van der Waals surface area contributed by atoms with Gasteiger partial charge >= 0.3 is 0 Å². The molecule has 6 heteroatoms. The highest BCUT2D eigenvalue weighted by Crippen LogP contribution is 2.33. The van der Waals surface area contributed by atoms with Gasteiger partial charge in [-0.25, -0.2) is 4.39 Å². The van der Waals surface area contributed by atoms with Gasteiger partial charge < -0.3 is 20.5 Å². The lowest BCUT2D eigenvalue weighted by molar-refractivity contribution is -0.118. The summed E-state index contributed by atoms with van der Waals surface area (Å²) in [5, 5.41) is 2.80. The number of halogens is 1. The molecule has 0 fully saturated rings. The summed E-state index contributed by atoms with van der Waals surface area (Å²) in [7, 11) is 1.51. The van der Waals surface area contributed by atoms with Crippen molar-refractivity contribution in [3.8, 4) is 17.2 Å². The maximum absolute atomic E-state index is 14.1. The number of para-hydroxylation sites is 2. The first-order valence-electron chi connectivity index (χ1n) is 6.67. The van der Waals surface area contributed by atoms with E-state index < -0.39 is 17.8 Å². The van der Waals surface area contributed by atoms with E-state index in [2.05, 4.69) is 5.32 Å². The third kappa shape index (κ3) is 3.66. The molecule has 2 aromatic carbocycles. The number of primary amides is 1. The molecule has 0 aliphatic heterocycles. The highest BCUT2D eigenvalue weighted by atomic mass is 19.1. The van der Waals surface area contributed by atoms with Crippen molar-refractivity contribution in [2.75, 3.05) is 12.4 Å². The lowest BCUT2D eigenvalue weighted by atomic mass is 10.2. The minimum absolute atomic E-state index is 0.0572. The molecule has 0 radical (unpaired) electrons. The number of benzene rings is 2. The Balaban J connectivity index is 2.18. The van der Waals surface area contributed by atoms with Crippen LogP contribution < -0.4 is 20.5 Å². The monoisotopic (exact) mass is 304 g/mol. The van der Waals surface area contributed by atoms with E-state index in [0.29, 0.717) is 17.2 Å². The normalized spacial score (nSPS) is 11.6. The molecule has 5 nitrogen and oxygen atoms in total. The van der Waals surface area contributed by atoms with E-state index in [9.17, 15) is 9.18 Å². The van der Waals surface area contributed by atoms with Gasteiger partial charge in [0.2, 0.25) is 5.91 Å². The van der Waals surface area contributed by atoms with Gasteiger partial charge in [-0.2, -0.15) is 0 Å². The van der Waals surface area contributed by atoms with Gasteiger partial charge in [0, 0.05) is 11.8 Å². The second kappa shape index (κ2) is 6.80. The summed E-state index contributed by atoms with van der Waals surface area (Å²) in [4.78, 5) is 11.0. The first kappa shape index (κ1) is 15.6. The van der Waals surface area contributed by atoms with Crippen LogP contribution >= 0.6 is 0 Å². The fourth-order valence-corrected chi connectivity index (χ4v) is 1.82. The van der Waals surface area contributed by atoms with E-state index in [1.807, 2.05) is 0 Å². The Labute approximate surface area is 127 Å². The Morgan fingerprint density at radius 1 is 1.18 bits per heavy atom. The second-order valence-corrected chi connectivity index (χ2v) is 4.67. The van der Waals surface area contributed by atoms with Crippen LogP contribution in [0.15, 0.2) is 42.5 Å². The molecule has 0 saturated carbocycles. The molecule has 0 aromatic heterocycles. The number of ether oxygens (including phenoxy) is 2.